The molecule has 0 bridgehead atoms. The van der Waals surface area contributed by atoms with Gasteiger partial charge in [-0.15, -0.1) is 0 Å². The highest BCUT2D eigenvalue weighted by Gasteiger charge is 2.21. The number of aliphatic carboxylic acids is 1. The molecule has 0 aliphatic rings. The van der Waals surface area contributed by atoms with Crippen molar-refractivity contribution in [1.29, 1.82) is 0 Å². The van der Waals surface area contributed by atoms with Gasteiger partial charge in [0.2, 0.25) is 5.91 Å². The van der Waals surface area contributed by atoms with Crippen molar-refractivity contribution < 1.29 is 34.2 Å². The van der Waals surface area contributed by atoms with Crippen LogP contribution >= 0.6 is 7.14 Å². The molecule has 218 valence electrons. The number of anilines is 1. The topological polar surface area (TPSA) is 217 Å². The molecule has 0 spiro atoms. The fourth-order valence-electron chi connectivity index (χ4n) is 3.66. The Morgan fingerprint density at radius 2 is 1.52 bits per heavy atom. The van der Waals surface area contributed by atoms with E-state index in [-0.39, 0.29) is 30.5 Å². The molecular weight excluding hydrogens is 539 g/mol. The average Bonchev–Trinajstić information content (AvgIpc) is 2.82. The number of carboxylic acid groups (broad SMARTS) is 1. The van der Waals surface area contributed by atoms with Gasteiger partial charge in [-0.3, -0.25) is 19.7 Å². The molecule has 8 N–H and O–H groups in total. The molecule has 2 aromatic rings. The zero-order valence-electron chi connectivity index (χ0n) is 23.1. The maximum atomic E-state index is 12.0. The Bertz CT molecular complexity index is 1180. The Morgan fingerprint density at radius 1 is 1.00 bits per heavy atom. The van der Waals surface area contributed by atoms with Crippen molar-refractivity contribution in [3.8, 4) is 0 Å². The number of carboxylic acids is 1. The number of nitro groups is 1. The molecule has 2 atom stereocenters. The molecule has 1 amide bonds. The van der Waals surface area contributed by atoms with Gasteiger partial charge in [0.05, 0.1) is 18.5 Å². The summed E-state index contributed by atoms with van der Waals surface area (Å²) in [5, 5.41) is 46.6. The summed E-state index contributed by atoms with van der Waals surface area (Å²) in [7, 11) is -3.78. The van der Waals surface area contributed by atoms with Crippen LogP contribution in [0.3, 0.4) is 0 Å². The lowest BCUT2D eigenvalue weighted by Crippen LogP contribution is -2.38. The van der Waals surface area contributed by atoms with Crippen LogP contribution < -0.4 is 21.5 Å². The van der Waals surface area contributed by atoms with E-state index in [1.807, 2.05) is 12.1 Å². The van der Waals surface area contributed by atoms with E-state index < -0.39 is 38.2 Å². The highest BCUT2D eigenvalue weighted by Crippen LogP contribution is 2.34. The maximum absolute atomic E-state index is 12.0. The Hall–Kier alpha value is -3.22. The summed E-state index contributed by atoms with van der Waals surface area (Å²) in [6.45, 7) is 6.84. The summed E-state index contributed by atoms with van der Waals surface area (Å²) in [6, 6.07) is 11.9. The third kappa shape index (κ3) is 14.8. The minimum atomic E-state index is -2.13. The van der Waals surface area contributed by atoms with Crippen LogP contribution in [0.4, 0.5) is 11.4 Å². The van der Waals surface area contributed by atoms with Crippen molar-refractivity contribution >= 4 is 44.5 Å². The van der Waals surface area contributed by atoms with E-state index in [4.69, 9.17) is 10.8 Å². The van der Waals surface area contributed by atoms with Crippen molar-refractivity contribution in [2.75, 3.05) is 31.8 Å². The van der Waals surface area contributed by atoms with E-state index in [9.17, 15) is 34.3 Å². The molecule has 0 radical (unpaired) electrons. The van der Waals surface area contributed by atoms with E-state index in [1.54, 1.807) is 38.4 Å². The van der Waals surface area contributed by atoms with Crippen molar-refractivity contribution in [3.05, 3.63) is 69.8 Å². The number of nitrogens with one attached hydrogen (secondary N) is 3. The Kier molecular flexibility index (Phi) is 14.6. The fraction of sp³-hybridized carbons (Fsp3) is 0.417. The molecule has 0 unspecified atom stereocenters. The van der Waals surface area contributed by atoms with Crippen molar-refractivity contribution in [3.63, 3.8) is 0 Å². The van der Waals surface area contributed by atoms with Gasteiger partial charge < -0.3 is 41.2 Å². The van der Waals surface area contributed by atoms with Crippen LogP contribution in [0.2, 0.25) is 13.6 Å². The van der Waals surface area contributed by atoms with Crippen LogP contribution in [0, 0.1) is 10.1 Å². The monoisotopic (exact) mass is 577 g/mol. The lowest BCUT2D eigenvalue weighted by Gasteiger charge is -2.20. The molecule has 40 heavy (non-hydrogen) atoms. The molecule has 0 aromatic heterocycles. The van der Waals surface area contributed by atoms with E-state index >= 15 is 0 Å². The predicted octanol–water partition coefficient (Wildman–Crippen LogP) is 1.95. The molecule has 0 heterocycles. The molecule has 13 nitrogen and oxygen atoms in total. The quantitative estimate of drug-likeness (QED) is 0.0566. The van der Waals surface area contributed by atoms with Gasteiger partial charge in [-0.25, -0.2) is 0 Å². The van der Waals surface area contributed by atoms with Gasteiger partial charge in [-0.1, -0.05) is 24.3 Å². The predicted molar refractivity (Wildman–Crippen MR) is 158 cm³/mol. The normalized spacial score (nSPS) is 12.3. The van der Waals surface area contributed by atoms with E-state index in [0.717, 1.165) is 5.56 Å². The van der Waals surface area contributed by atoms with Crippen LogP contribution in [0.15, 0.2) is 48.5 Å². The number of nitrogen functional groups attached to an aromatic ring is 1. The van der Waals surface area contributed by atoms with Crippen LogP contribution in [0.5, 0.6) is 0 Å². The first-order valence-corrected chi connectivity index (χ1v) is 15.4. The van der Waals surface area contributed by atoms with Crippen molar-refractivity contribution in [1.82, 2.24) is 15.8 Å². The van der Waals surface area contributed by atoms with Crippen LogP contribution in [-0.2, 0) is 14.2 Å². The van der Waals surface area contributed by atoms with Gasteiger partial charge in [-0.2, -0.15) is 0 Å². The van der Waals surface area contributed by atoms with Gasteiger partial charge in [0, 0.05) is 49.0 Å². The summed E-state index contributed by atoms with van der Waals surface area (Å²) >= 11 is 0. The lowest BCUT2D eigenvalue weighted by atomic mass is 9.85. The summed E-state index contributed by atoms with van der Waals surface area (Å²) in [4.78, 5) is 32.8. The zero-order valence-corrected chi connectivity index (χ0v) is 24.0. The smallest absolute Gasteiger partial charge is 0.374 e. The second kappa shape index (κ2) is 16.8. The first-order valence-electron chi connectivity index (χ1n) is 12.6. The number of hydrogen-bond donors (Lipinski definition) is 7. The number of amides is 1. The number of hydrogen-bond acceptors (Lipinski definition) is 10. The van der Waals surface area contributed by atoms with Gasteiger partial charge in [0.1, 0.15) is 0 Å². The van der Waals surface area contributed by atoms with Gasteiger partial charge >= 0.3 is 20.1 Å². The SMILES string of the molecule is CB(O)N[C@@H](CC(=O)NCCP(C)(C)=O)c1cccc(N)c1.CB(O)N[C@@H](CC(=O)O)c1cccc([N+](=O)[O-])c1. The fourth-order valence-corrected chi connectivity index (χ4v) is 4.31. The number of nitrogens with two attached hydrogens (primary N) is 1. The number of rotatable bonds is 14. The van der Waals surface area contributed by atoms with Crippen LogP contribution in [0.1, 0.15) is 36.1 Å². The van der Waals surface area contributed by atoms with Crippen LogP contribution in [-0.4, -0.2) is 72.1 Å². The number of nitrogens with zero attached hydrogens (tertiary/aromatic N) is 1. The maximum Gasteiger partial charge on any atom is 0.374 e. The Balaban J connectivity index is 0.000000408. The molecule has 0 saturated carbocycles. The van der Waals surface area contributed by atoms with Gasteiger partial charge in [-0.05, 0) is 50.2 Å². The lowest BCUT2D eigenvalue weighted by molar-refractivity contribution is -0.384. The van der Waals surface area contributed by atoms with Crippen molar-refractivity contribution in [2.45, 2.75) is 38.6 Å². The second-order valence-corrected chi connectivity index (χ2v) is 13.4. The highest BCUT2D eigenvalue weighted by molar-refractivity contribution is 7.62. The summed E-state index contributed by atoms with van der Waals surface area (Å²) in [6.07, 6.45) is 0.379. The summed E-state index contributed by atoms with van der Waals surface area (Å²) < 4.78 is 11.6. The zero-order chi connectivity index (χ0) is 30.5. The van der Waals surface area contributed by atoms with Crippen LogP contribution in [0.25, 0.3) is 0 Å². The average molecular weight is 577 g/mol. The molecule has 2 rings (SSSR count). The standard InChI is InChI=1S/C14H25BN3O3P.C10H13BN2O5/c1-15(20)18-13(11-5-4-6-12(16)9-11)10-14(19)17-7-8-22(2,3)21;1-11(16)12-9(6-10(14)15)7-3-2-4-8(5-7)13(17)18/h4-6,9,13,18,20H,7-8,10,16H2,1-3H3,(H,17,19);2-5,9,12,16H,6H2,1H3,(H,14,15)/t13-;9-/m00/s1. The third-order valence-electron chi connectivity index (χ3n) is 5.42. The Morgan fingerprint density at radius 3 is 2.00 bits per heavy atom. The number of carbonyl (C=O) groups excluding carboxylic acids is 1. The molecule has 0 saturated heterocycles. The molecule has 0 fully saturated rings. The van der Waals surface area contributed by atoms with E-state index in [0.29, 0.717) is 24.0 Å². The minimum Gasteiger partial charge on any atom is -0.481 e. The molecular formula is C24H38B2N5O8P. The molecule has 0 aliphatic carbocycles. The Labute approximate surface area is 234 Å². The first kappa shape index (κ1) is 34.8. The summed E-state index contributed by atoms with van der Waals surface area (Å²) in [5.41, 5.74) is 7.55. The van der Waals surface area contributed by atoms with Gasteiger partial charge in [0.15, 0.2) is 0 Å². The summed E-state index contributed by atoms with van der Waals surface area (Å²) in [5.74, 6) is -1.21. The first-order chi connectivity index (χ1) is 18.6. The highest BCUT2D eigenvalue weighted by atomic mass is 31.2. The minimum absolute atomic E-state index is 0.115. The van der Waals surface area contributed by atoms with Crippen molar-refractivity contribution in [2.24, 2.45) is 0 Å². The third-order valence-corrected chi connectivity index (χ3v) is 6.72. The van der Waals surface area contributed by atoms with Gasteiger partial charge in [0.25, 0.3) is 5.69 Å². The van der Waals surface area contributed by atoms with E-state index in [2.05, 4.69) is 15.8 Å². The van der Waals surface area contributed by atoms with E-state index in [1.165, 1.54) is 25.0 Å². The molecule has 0 aliphatic heterocycles. The number of non-ortho nitro benzene ring substituents is 1. The molecule has 16 heteroatoms. The molecule has 2 aromatic carbocycles. The largest absolute Gasteiger partial charge is 0.481 e. The number of carbonyl (C=O) groups is 2. The number of nitro benzene ring substituents is 1. The second-order valence-electron chi connectivity index (χ2n) is 9.76. The number of benzene rings is 2.